The van der Waals surface area contributed by atoms with Gasteiger partial charge in [-0.2, -0.15) is 0 Å². The van der Waals surface area contributed by atoms with Crippen LogP contribution >= 0.6 is 0 Å². The topological polar surface area (TPSA) is 88.0 Å². The van der Waals surface area contributed by atoms with Gasteiger partial charge in [-0.15, -0.1) is 0 Å². The molecule has 132 valence electrons. The summed E-state index contributed by atoms with van der Waals surface area (Å²) in [6.45, 7) is 0.470. The molecular weight excluding hydrogens is 322 g/mol. The van der Waals surface area contributed by atoms with Gasteiger partial charge in [-0.3, -0.25) is 9.63 Å². The first kappa shape index (κ1) is 18.5. The predicted octanol–water partition coefficient (Wildman–Crippen LogP) is 2.45. The summed E-state index contributed by atoms with van der Waals surface area (Å²) >= 11 is 0. The number of carbonyl (C=O) groups excluding carboxylic acids is 1. The Kier molecular flexibility index (Phi) is 7.00. The van der Waals surface area contributed by atoms with E-state index in [1.807, 2.05) is 12.1 Å². The molecule has 0 saturated heterocycles. The third kappa shape index (κ3) is 6.29. The fourth-order valence-corrected chi connectivity index (χ4v) is 2.09. The Labute approximate surface area is 146 Å². The van der Waals surface area contributed by atoms with Gasteiger partial charge in [0.2, 0.25) is 0 Å². The Morgan fingerprint density at radius 1 is 1.16 bits per heavy atom. The number of ketones is 1. The van der Waals surface area contributed by atoms with Gasteiger partial charge >= 0.3 is 0 Å². The molecule has 0 unspecified atom stereocenters. The first-order chi connectivity index (χ1) is 12.1. The van der Waals surface area contributed by atoms with Crippen LogP contribution in [-0.2, 0) is 16.1 Å². The van der Waals surface area contributed by atoms with Crippen molar-refractivity contribution in [3.05, 3.63) is 59.7 Å². The molecular formula is C19H21NO5. The maximum absolute atomic E-state index is 11.7. The molecule has 25 heavy (non-hydrogen) atoms. The molecule has 2 aromatic rings. The summed E-state index contributed by atoms with van der Waals surface area (Å²) in [4.78, 5) is 16.9. The van der Waals surface area contributed by atoms with E-state index in [0.29, 0.717) is 12.3 Å². The number of ether oxygens (including phenoxy) is 1. The molecule has 0 spiro atoms. The highest BCUT2D eigenvalue weighted by molar-refractivity contribution is 5.94. The molecule has 0 bridgehead atoms. The average molecular weight is 343 g/mol. The van der Waals surface area contributed by atoms with E-state index in [0.717, 1.165) is 17.5 Å². The van der Waals surface area contributed by atoms with Gasteiger partial charge in [0.05, 0.1) is 7.11 Å². The highest BCUT2D eigenvalue weighted by Gasteiger charge is 2.02. The minimum atomic E-state index is -0.191. The molecule has 0 fully saturated rings. The van der Waals surface area contributed by atoms with Gasteiger partial charge in [0.25, 0.3) is 0 Å². The first-order valence-electron chi connectivity index (χ1n) is 7.79. The van der Waals surface area contributed by atoms with Crippen molar-refractivity contribution in [1.29, 1.82) is 0 Å². The number of hydrogen-bond donors (Lipinski definition) is 3. The van der Waals surface area contributed by atoms with Crippen LogP contribution in [0.15, 0.2) is 48.5 Å². The number of carbonyl (C=O) groups is 1. The molecule has 0 saturated carbocycles. The molecule has 6 nitrogen and oxygen atoms in total. The standard InChI is InChI=1S/C19H21NO5/c1-24-19-12-15(5-9-18(19)23)4-8-17(22)13-25-20-11-10-14-2-6-16(21)7-3-14/h2-9,12,20-21,23H,10-11,13H2,1H3/b8-4-. The van der Waals surface area contributed by atoms with E-state index >= 15 is 0 Å². The van der Waals surface area contributed by atoms with Crippen molar-refractivity contribution in [3.63, 3.8) is 0 Å². The number of phenols is 2. The van der Waals surface area contributed by atoms with Crippen LogP contribution < -0.4 is 10.2 Å². The van der Waals surface area contributed by atoms with Crippen molar-refractivity contribution >= 4 is 11.9 Å². The number of aromatic hydroxyl groups is 2. The van der Waals surface area contributed by atoms with E-state index in [1.165, 1.54) is 19.3 Å². The first-order valence-corrected chi connectivity index (χ1v) is 7.79. The van der Waals surface area contributed by atoms with Crippen LogP contribution in [0.2, 0.25) is 0 Å². The fourth-order valence-electron chi connectivity index (χ4n) is 2.09. The maximum Gasteiger partial charge on any atom is 0.183 e. The lowest BCUT2D eigenvalue weighted by molar-refractivity contribution is -0.121. The Morgan fingerprint density at radius 3 is 2.64 bits per heavy atom. The summed E-state index contributed by atoms with van der Waals surface area (Å²) in [7, 11) is 1.46. The normalized spacial score (nSPS) is 10.9. The maximum atomic E-state index is 11.7. The summed E-state index contributed by atoms with van der Waals surface area (Å²) < 4.78 is 5.01. The van der Waals surface area contributed by atoms with Crippen LogP contribution in [0.1, 0.15) is 11.1 Å². The van der Waals surface area contributed by atoms with Crippen molar-refractivity contribution in [2.75, 3.05) is 20.3 Å². The van der Waals surface area contributed by atoms with Gasteiger partial charge in [-0.1, -0.05) is 24.3 Å². The number of nitrogens with one attached hydrogen (secondary N) is 1. The summed E-state index contributed by atoms with van der Waals surface area (Å²) in [6, 6.07) is 11.7. The van der Waals surface area contributed by atoms with Crippen molar-refractivity contribution in [1.82, 2.24) is 5.48 Å². The minimum absolute atomic E-state index is 0.0483. The predicted molar refractivity (Wildman–Crippen MR) is 94.5 cm³/mol. The molecule has 0 heterocycles. The molecule has 0 atom stereocenters. The van der Waals surface area contributed by atoms with Gasteiger partial charge in [0.15, 0.2) is 17.3 Å². The fraction of sp³-hybridized carbons (Fsp3) is 0.211. The van der Waals surface area contributed by atoms with E-state index in [-0.39, 0.29) is 23.9 Å². The lowest BCUT2D eigenvalue weighted by Gasteiger charge is -2.05. The van der Waals surface area contributed by atoms with E-state index in [2.05, 4.69) is 5.48 Å². The van der Waals surface area contributed by atoms with Crippen LogP contribution in [0, 0.1) is 0 Å². The largest absolute Gasteiger partial charge is 0.508 e. The smallest absolute Gasteiger partial charge is 0.183 e. The molecule has 0 aliphatic heterocycles. The monoisotopic (exact) mass is 343 g/mol. The quantitative estimate of drug-likeness (QED) is 0.368. The zero-order chi connectivity index (χ0) is 18.1. The lowest BCUT2D eigenvalue weighted by atomic mass is 10.1. The van der Waals surface area contributed by atoms with E-state index in [9.17, 15) is 15.0 Å². The summed E-state index contributed by atoms with van der Waals surface area (Å²) in [5.74, 6) is 0.439. The molecule has 2 rings (SSSR count). The third-order valence-electron chi connectivity index (χ3n) is 3.43. The Bertz CT molecular complexity index is 725. The molecule has 0 aliphatic carbocycles. The number of benzene rings is 2. The van der Waals surface area contributed by atoms with E-state index in [1.54, 1.807) is 30.3 Å². The number of hydrogen-bond acceptors (Lipinski definition) is 6. The third-order valence-corrected chi connectivity index (χ3v) is 3.43. The van der Waals surface area contributed by atoms with Crippen LogP contribution in [-0.4, -0.2) is 36.3 Å². The van der Waals surface area contributed by atoms with E-state index in [4.69, 9.17) is 9.57 Å². The van der Waals surface area contributed by atoms with Gasteiger partial charge in [-0.25, -0.2) is 5.48 Å². The number of methoxy groups -OCH3 is 1. The SMILES string of the molecule is COc1cc(/C=C\C(=O)CONCCc2ccc(O)cc2)ccc1O. The highest BCUT2D eigenvalue weighted by atomic mass is 16.6. The zero-order valence-electron chi connectivity index (χ0n) is 13.9. The summed E-state index contributed by atoms with van der Waals surface area (Å²) in [5, 5.41) is 18.7. The summed E-state index contributed by atoms with van der Waals surface area (Å²) in [5.41, 5.74) is 4.53. The number of hydroxylamine groups is 1. The zero-order valence-corrected chi connectivity index (χ0v) is 13.9. The second kappa shape index (κ2) is 9.46. The van der Waals surface area contributed by atoms with Crippen molar-refractivity contribution in [2.45, 2.75) is 6.42 Å². The Morgan fingerprint density at radius 2 is 1.92 bits per heavy atom. The average Bonchev–Trinajstić information content (AvgIpc) is 2.62. The Balaban J connectivity index is 1.69. The molecule has 0 aliphatic rings. The molecule has 0 aromatic heterocycles. The molecule has 0 radical (unpaired) electrons. The van der Waals surface area contributed by atoms with Crippen molar-refractivity contribution < 1.29 is 24.6 Å². The van der Waals surface area contributed by atoms with Gasteiger partial charge in [0, 0.05) is 6.54 Å². The molecule has 3 N–H and O–H groups in total. The number of phenolic OH excluding ortho intramolecular Hbond substituents is 2. The molecule has 6 heteroatoms. The van der Waals surface area contributed by atoms with Crippen LogP contribution in [0.5, 0.6) is 17.2 Å². The second-order valence-electron chi connectivity index (χ2n) is 5.33. The van der Waals surface area contributed by atoms with Gasteiger partial charge in [0.1, 0.15) is 12.4 Å². The van der Waals surface area contributed by atoms with Gasteiger partial charge < -0.3 is 14.9 Å². The number of rotatable bonds is 9. The van der Waals surface area contributed by atoms with Crippen molar-refractivity contribution in [2.24, 2.45) is 0 Å². The van der Waals surface area contributed by atoms with Gasteiger partial charge in [-0.05, 0) is 47.9 Å². The highest BCUT2D eigenvalue weighted by Crippen LogP contribution is 2.26. The summed E-state index contributed by atoms with van der Waals surface area (Å²) in [6.07, 6.45) is 3.76. The molecule has 2 aromatic carbocycles. The second-order valence-corrected chi connectivity index (χ2v) is 5.33. The van der Waals surface area contributed by atoms with Crippen molar-refractivity contribution in [3.8, 4) is 17.2 Å². The van der Waals surface area contributed by atoms with Crippen LogP contribution in [0.4, 0.5) is 0 Å². The van der Waals surface area contributed by atoms with E-state index < -0.39 is 0 Å². The van der Waals surface area contributed by atoms with Crippen LogP contribution in [0.25, 0.3) is 6.08 Å². The molecule has 0 amide bonds. The van der Waals surface area contributed by atoms with Crippen LogP contribution in [0.3, 0.4) is 0 Å². The minimum Gasteiger partial charge on any atom is -0.508 e. The lowest BCUT2D eigenvalue weighted by Crippen LogP contribution is -2.21. The Hall–Kier alpha value is -2.83.